The third kappa shape index (κ3) is 9.01. The van der Waals surface area contributed by atoms with Gasteiger partial charge in [-0.25, -0.2) is 0 Å². The molecule has 4 amide bonds. The van der Waals surface area contributed by atoms with E-state index in [4.69, 9.17) is 0 Å². The second kappa shape index (κ2) is 15.1. The molecule has 2 rings (SSSR count). The molecule has 1 aromatic carbocycles. The first-order valence-corrected chi connectivity index (χ1v) is 15.5. The maximum Gasteiger partial charge on any atom is 0.245 e. The number of hydrogen-bond acceptors (Lipinski definition) is 6. The lowest BCUT2D eigenvalue weighted by Gasteiger charge is -2.41. The number of benzene rings is 1. The van der Waals surface area contributed by atoms with E-state index in [1.54, 1.807) is 30.9 Å². The van der Waals surface area contributed by atoms with Crippen LogP contribution in [0.4, 0.5) is 0 Å². The molecular formula is C33H56N6O4. The van der Waals surface area contributed by atoms with E-state index in [2.05, 4.69) is 29.8 Å². The van der Waals surface area contributed by atoms with Gasteiger partial charge in [0, 0.05) is 38.6 Å². The van der Waals surface area contributed by atoms with Crippen molar-refractivity contribution in [3.05, 3.63) is 35.9 Å². The summed E-state index contributed by atoms with van der Waals surface area (Å²) in [7, 11) is 6.99. The summed E-state index contributed by atoms with van der Waals surface area (Å²) in [5.41, 5.74) is -0.0583. The van der Waals surface area contributed by atoms with Gasteiger partial charge in [0.1, 0.15) is 12.1 Å². The van der Waals surface area contributed by atoms with E-state index in [0.29, 0.717) is 19.5 Å². The second-order valence-electron chi connectivity index (χ2n) is 13.9. The van der Waals surface area contributed by atoms with E-state index in [9.17, 15) is 19.2 Å². The third-order valence-electron chi connectivity index (χ3n) is 8.83. The molecule has 0 aromatic heterocycles. The van der Waals surface area contributed by atoms with Crippen LogP contribution in [0, 0.1) is 11.3 Å². The molecule has 1 aromatic rings. The molecule has 1 heterocycles. The fourth-order valence-electron chi connectivity index (χ4n) is 6.09. The summed E-state index contributed by atoms with van der Waals surface area (Å²) >= 11 is 0. The van der Waals surface area contributed by atoms with Crippen LogP contribution in [0.15, 0.2) is 30.3 Å². The number of carbonyl (C=O) groups excluding carboxylic acids is 4. The summed E-state index contributed by atoms with van der Waals surface area (Å²) in [5, 5.41) is 8.94. The fraction of sp³-hybridized carbons (Fsp3) is 0.697. The van der Waals surface area contributed by atoms with Crippen LogP contribution in [0.3, 0.4) is 0 Å². The van der Waals surface area contributed by atoms with Crippen molar-refractivity contribution in [1.29, 1.82) is 0 Å². The van der Waals surface area contributed by atoms with E-state index >= 15 is 0 Å². The lowest BCUT2D eigenvalue weighted by molar-refractivity contribution is -0.142. The molecule has 242 valence electrons. The monoisotopic (exact) mass is 600 g/mol. The van der Waals surface area contributed by atoms with Crippen molar-refractivity contribution in [3.63, 3.8) is 0 Å². The van der Waals surface area contributed by atoms with Gasteiger partial charge in [-0.05, 0) is 43.8 Å². The van der Waals surface area contributed by atoms with Crippen LogP contribution < -0.4 is 16.0 Å². The largest absolute Gasteiger partial charge is 0.357 e. The number of likely N-dealkylation sites (tertiary alicyclic amines) is 1. The Morgan fingerprint density at radius 2 is 1.58 bits per heavy atom. The molecule has 0 aliphatic carbocycles. The van der Waals surface area contributed by atoms with Crippen molar-refractivity contribution in [2.45, 2.75) is 90.9 Å². The third-order valence-corrected chi connectivity index (χ3v) is 8.83. The standard InChI is InChI=1S/C33H56N6O4/c1-22(2)25(20-37(10)21-26(40)39-19-15-18-24(39)29(41)35-9)38(11)31(43)28(32(3,4)5)36-30(42)27(34-8)33(6,7)23-16-13-12-14-17-23/h12-14,16-17,22,24-25,27-28,34H,15,18-21H2,1-11H3,(H,35,41)(H,36,42)/t24-,25+,27+,28+/m0/s1. The smallest absolute Gasteiger partial charge is 0.245 e. The predicted octanol–water partition coefficient (Wildman–Crippen LogP) is 2.23. The molecule has 10 nitrogen and oxygen atoms in total. The van der Waals surface area contributed by atoms with Gasteiger partial charge < -0.3 is 25.8 Å². The molecule has 0 radical (unpaired) electrons. The van der Waals surface area contributed by atoms with Gasteiger partial charge in [0.2, 0.25) is 23.6 Å². The Morgan fingerprint density at radius 3 is 2.09 bits per heavy atom. The van der Waals surface area contributed by atoms with Gasteiger partial charge in [0.05, 0.1) is 12.6 Å². The molecule has 43 heavy (non-hydrogen) atoms. The first-order chi connectivity index (χ1) is 20.0. The summed E-state index contributed by atoms with van der Waals surface area (Å²) in [6, 6.07) is 7.91. The summed E-state index contributed by atoms with van der Waals surface area (Å²) in [6.45, 7) is 15.2. The second-order valence-corrected chi connectivity index (χ2v) is 13.9. The van der Waals surface area contributed by atoms with Crippen LogP contribution in [0.1, 0.15) is 66.9 Å². The summed E-state index contributed by atoms with van der Waals surface area (Å²) in [6.07, 6.45) is 1.47. The minimum atomic E-state index is -0.765. The van der Waals surface area contributed by atoms with Crippen LogP contribution in [0.25, 0.3) is 0 Å². The minimum absolute atomic E-state index is 0.0929. The average molecular weight is 601 g/mol. The van der Waals surface area contributed by atoms with E-state index in [-0.39, 0.29) is 42.1 Å². The van der Waals surface area contributed by atoms with Crippen LogP contribution >= 0.6 is 0 Å². The van der Waals surface area contributed by atoms with Gasteiger partial charge >= 0.3 is 0 Å². The van der Waals surface area contributed by atoms with Crippen molar-refractivity contribution < 1.29 is 19.2 Å². The maximum atomic E-state index is 14.1. The number of amides is 4. The van der Waals surface area contributed by atoms with Gasteiger partial charge in [-0.1, -0.05) is 78.8 Å². The molecule has 0 unspecified atom stereocenters. The Morgan fingerprint density at radius 1 is 0.977 bits per heavy atom. The zero-order valence-corrected chi connectivity index (χ0v) is 28.3. The Kier molecular flexibility index (Phi) is 12.8. The highest BCUT2D eigenvalue weighted by Crippen LogP contribution is 2.29. The van der Waals surface area contributed by atoms with Crippen molar-refractivity contribution in [2.24, 2.45) is 11.3 Å². The van der Waals surface area contributed by atoms with Crippen LogP contribution in [-0.4, -0.2) is 110 Å². The highest BCUT2D eigenvalue weighted by Gasteiger charge is 2.42. The molecule has 1 aliphatic heterocycles. The Balaban J connectivity index is 2.20. The molecule has 3 N–H and O–H groups in total. The Labute approximate surface area is 259 Å². The summed E-state index contributed by atoms with van der Waals surface area (Å²) in [4.78, 5) is 58.6. The molecule has 10 heteroatoms. The van der Waals surface area contributed by atoms with E-state index in [1.165, 1.54) is 0 Å². The average Bonchev–Trinajstić information content (AvgIpc) is 3.44. The Bertz CT molecular complexity index is 1100. The zero-order chi connectivity index (χ0) is 32.7. The maximum absolute atomic E-state index is 14.1. The molecule has 1 fully saturated rings. The van der Waals surface area contributed by atoms with Crippen molar-refractivity contribution in [3.8, 4) is 0 Å². The van der Waals surface area contributed by atoms with Gasteiger partial charge in [-0.3, -0.25) is 24.1 Å². The number of nitrogens with zero attached hydrogens (tertiary/aromatic N) is 3. The number of carbonyl (C=O) groups is 4. The van der Waals surface area contributed by atoms with Gasteiger partial charge in [0.15, 0.2) is 0 Å². The highest BCUT2D eigenvalue weighted by atomic mass is 16.2. The van der Waals surface area contributed by atoms with Crippen molar-refractivity contribution >= 4 is 23.6 Å². The fourth-order valence-corrected chi connectivity index (χ4v) is 6.09. The van der Waals surface area contributed by atoms with Crippen LogP contribution in [-0.2, 0) is 24.6 Å². The number of hydrogen-bond donors (Lipinski definition) is 3. The van der Waals surface area contributed by atoms with E-state index in [1.807, 2.05) is 76.9 Å². The van der Waals surface area contributed by atoms with Crippen molar-refractivity contribution in [1.82, 2.24) is 30.7 Å². The normalized spacial score (nSPS) is 17.9. The topological polar surface area (TPSA) is 114 Å². The summed E-state index contributed by atoms with van der Waals surface area (Å²) < 4.78 is 0. The molecule has 0 spiro atoms. The first kappa shape index (κ1) is 36.2. The number of rotatable bonds is 13. The van der Waals surface area contributed by atoms with E-state index in [0.717, 1.165) is 12.0 Å². The van der Waals surface area contributed by atoms with Gasteiger partial charge in [-0.15, -0.1) is 0 Å². The minimum Gasteiger partial charge on any atom is -0.357 e. The van der Waals surface area contributed by atoms with Gasteiger partial charge in [-0.2, -0.15) is 0 Å². The molecule has 4 atom stereocenters. The lowest BCUT2D eigenvalue weighted by atomic mass is 9.76. The Hall–Kier alpha value is -2.98. The van der Waals surface area contributed by atoms with Crippen LogP contribution in [0.2, 0.25) is 0 Å². The van der Waals surface area contributed by atoms with Gasteiger partial charge in [0.25, 0.3) is 0 Å². The zero-order valence-electron chi connectivity index (χ0n) is 28.3. The molecule has 1 aliphatic rings. The van der Waals surface area contributed by atoms with Crippen molar-refractivity contribution in [2.75, 3.05) is 47.8 Å². The van der Waals surface area contributed by atoms with E-state index < -0.39 is 29.0 Å². The first-order valence-electron chi connectivity index (χ1n) is 15.5. The molecule has 0 bridgehead atoms. The quantitative estimate of drug-likeness (QED) is 0.320. The molecule has 0 saturated carbocycles. The highest BCUT2D eigenvalue weighted by molar-refractivity contribution is 5.91. The number of nitrogens with one attached hydrogen (secondary N) is 3. The predicted molar refractivity (Wildman–Crippen MR) is 171 cm³/mol. The summed E-state index contributed by atoms with van der Waals surface area (Å²) in [5.74, 6) is -0.551. The SMILES string of the molecule is CNC(=O)[C@@H]1CCCN1C(=O)CN(C)C[C@H](C(C)C)N(C)C(=O)[C@@H](NC(=O)[C@@H](NC)C(C)(C)c1ccccc1)C(C)(C)C. The molecular weight excluding hydrogens is 544 g/mol. The molecule has 1 saturated heterocycles. The lowest BCUT2D eigenvalue weighted by Crippen LogP contribution is -2.62. The van der Waals surface area contributed by atoms with Crippen LogP contribution in [0.5, 0.6) is 0 Å². The number of likely N-dealkylation sites (N-methyl/N-ethyl adjacent to an activating group) is 4.